The summed E-state index contributed by atoms with van der Waals surface area (Å²) in [5.41, 5.74) is 2.34. The molecule has 3 heterocycles. The van der Waals surface area contributed by atoms with Crippen LogP contribution in [-0.2, 0) is 16.0 Å². The fourth-order valence-corrected chi connectivity index (χ4v) is 5.51. The van der Waals surface area contributed by atoms with Gasteiger partial charge in [0.25, 0.3) is 0 Å². The van der Waals surface area contributed by atoms with Crippen molar-refractivity contribution < 1.29 is 9.59 Å². The van der Waals surface area contributed by atoms with E-state index in [1.807, 2.05) is 17.0 Å². The smallest absolute Gasteiger partial charge is 0.239 e. The summed E-state index contributed by atoms with van der Waals surface area (Å²) in [7, 11) is 2.15. The quantitative estimate of drug-likeness (QED) is 0.822. The maximum absolute atomic E-state index is 12.9. The van der Waals surface area contributed by atoms with E-state index in [9.17, 15) is 9.59 Å². The van der Waals surface area contributed by atoms with E-state index >= 15 is 0 Å². The molecule has 156 valence electrons. The summed E-state index contributed by atoms with van der Waals surface area (Å²) >= 11 is 0. The van der Waals surface area contributed by atoms with E-state index < -0.39 is 0 Å². The minimum Gasteiger partial charge on any atom is -0.353 e. The Morgan fingerprint density at radius 3 is 2.83 bits per heavy atom. The fraction of sp³-hybridized carbons (Fsp3) is 0.652. The van der Waals surface area contributed by atoms with Gasteiger partial charge in [-0.05, 0) is 56.7 Å². The van der Waals surface area contributed by atoms with Crippen LogP contribution >= 0.6 is 0 Å². The Bertz CT molecular complexity index is 793. The molecule has 3 fully saturated rings. The van der Waals surface area contributed by atoms with Crippen LogP contribution in [0, 0.1) is 5.92 Å². The molecular formula is C23H32N4O2. The number of hydrogen-bond acceptors (Lipinski definition) is 4. The van der Waals surface area contributed by atoms with Gasteiger partial charge < -0.3 is 10.2 Å². The highest BCUT2D eigenvalue weighted by Gasteiger charge is 2.46. The van der Waals surface area contributed by atoms with E-state index in [0.717, 1.165) is 50.5 Å². The summed E-state index contributed by atoms with van der Waals surface area (Å²) in [6, 6.07) is 8.68. The number of carbonyl (C=O) groups is 2. The lowest BCUT2D eigenvalue weighted by molar-refractivity contribution is -0.125. The maximum atomic E-state index is 12.9. The second-order valence-electron chi connectivity index (χ2n) is 9.27. The van der Waals surface area contributed by atoms with Gasteiger partial charge in [-0.2, -0.15) is 0 Å². The molecule has 0 spiro atoms. The summed E-state index contributed by atoms with van der Waals surface area (Å²) in [4.78, 5) is 32.5. The molecule has 1 aromatic carbocycles. The zero-order valence-electron chi connectivity index (χ0n) is 17.3. The second-order valence-corrected chi connectivity index (χ2v) is 9.27. The number of nitrogens with one attached hydrogen (secondary N) is 1. The number of likely N-dealkylation sites (N-methyl/N-ethyl adjacent to an activating group) is 1. The molecule has 1 aliphatic carbocycles. The molecule has 3 atom stereocenters. The van der Waals surface area contributed by atoms with Gasteiger partial charge in [-0.15, -0.1) is 0 Å². The third-order valence-electron chi connectivity index (χ3n) is 7.42. The molecule has 5 rings (SSSR count). The second kappa shape index (κ2) is 7.73. The standard InChI is InChI=1S/C23H32N4O2/c1-25-18(8-9-21(28)27-13-10-17-4-2-3-5-19(17)27)14-24-23(29)22-20(25)11-12-26(22)15-16-6-7-16/h2-5,16,18,20,22H,6-15H2,1H3,(H,24,29)/t18-,20-,22-/m0/s1. The Hall–Kier alpha value is -1.92. The molecule has 1 saturated carbocycles. The average Bonchev–Trinajstić information content (AvgIpc) is 3.31. The molecule has 1 aromatic rings. The number of para-hydroxylation sites is 1. The molecule has 3 aliphatic heterocycles. The minimum atomic E-state index is -0.0215. The van der Waals surface area contributed by atoms with Crippen LogP contribution in [0.25, 0.3) is 0 Å². The lowest BCUT2D eigenvalue weighted by Crippen LogP contribution is -2.50. The first kappa shape index (κ1) is 19.1. The predicted octanol–water partition coefficient (Wildman–Crippen LogP) is 1.64. The topological polar surface area (TPSA) is 55.9 Å². The van der Waals surface area contributed by atoms with Crippen LogP contribution in [0.15, 0.2) is 24.3 Å². The van der Waals surface area contributed by atoms with Crippen molar-refractivity contribution in [3.63, 3.8) is 0 Å². The average molecular weight is 397 g/mol. The van der Waals surface area contributed by atoms with Gasteiger partial charge in [-0.1, -0.05) is 18.2 Å². The molecule has 2 amide bonds. The Balaban J connectivity index is 1.22. The molecular weight excluding hydrogens is 364 g/mol. The number of anilines is 1. The number of nitrogens with zero attached hydrogens (tertiary/aromatic N) is 3. The van der Waals surface area contributed by atoms with Crippen molar-refractivity contribution in [2.75, 3.05) is 38.1 Å². The van der Waals surface area contributed by atoms with Crippen LogP contribution in [0.4, 0.5) is 5.69 Å². The van der Waals surface area contributed by atoms with E-state index in [-0.39, 0.29) is 29.9 Å². The minimum absolute atomic E-state index is 0.0215. The van der Waals surface area contributed by atoms with Crippen LogP contribution in [0.5, 0.6) is 0 Å². The van der Waals surface area contributed by atoms with Crippen LogP contribution < -0.4 is 10.2 Å². The first-order chi connectivity index (χ1) is 14.1. The summed E-state index contributed by atoms with van der Waals surface area (Å²) < 4.78 is 0. The normalized spacial score (nSPS) is 30.0. The van der Waals surface area contributed by atoms with Crippen molar-refractivity contribution in [2.45, 2.75) is 56.7 Å². The van der Waals surface area contributed by atoms with Gasteiger partial charge in [0, 0.05) is 50.4 Å². The lowest BCUT2D eigenvalue weighted by Gasteiger charge is -2.33. The van der Waals surface area contributed by atoms with Crippen LogP contribution in [0.2, 0.25) is 0 Å². The van der Waals surface area contributed by atoms with Gasteiger partial charge in [0.2, 0.25) is 11.8 Å². The molecule has 1 N–H and O–H groups in total. The zero-order valence-corrected chi connectivity index (χ0v) is 17.3. The number of fused-ring (bicyclic) bond motifs is 2. The predicted molar refractivity (Wildman–Crippen MR) is 113 cm³/mol. The van der Waals surface area contributed by atoms with E-state index in [1.54, 1.807) is 0 Å². The highest BCUT2D eigenvalue weighted by Crippen LogP contribution is 2.34. The zero-order chi connectivity index (χ0) is 20.0. The highest BCUT2D eigenvalue weighted by atomic mass is 16.2. The first-order valence-corrected chi connectivity index (χ1v) is 11.2. The third kappa shape index (κ3) is 3.68. The summed E-state index contributed by atoms with van der Waals surface area (Å²) in [6.45, 7) is 3.51. The van der Waals surface area contributed by atoms with Gasteiger partial charge >= 0.3 is 0 Å². The Kier molecular flexibility index (Phi) is 5.08. The van der Waals surface area contributed by atoms with Crippen LogP contribution in [-0.4, -0.2) is 73.0 Å². The number of hydrogen-bond donors (Lipinski definition) is 1. The maximum Gasteiger partial charge on any atom is 0.239 e. The Morgan fingerprint density at radius 2 is 2.00 bits per heavy atom. The van der Waals surface area contributed by atoms with Gasteiger partial charge in [0.1, 0.15) is 6.04 Å². The van der Waals surface area contributed by atoms with Crippen molar-refractivity contribution >= 4 is 17.5 Å². The first-order valence-electron chi connectivity index (χ1n) is 11.2. The fourth-order valence-electron chi connectivity index (χ4n) is 5.51. The van der Waals surface area contributed by atoms with Gasteiger partial charge in [-0.3, -0.25) is 19.4 Å². The third-order valence-corrected chi connectivity index (χ3v) is 7.42. The number of rotatable bonds is 5. The largest absolute Gasteiger partial charge is 0.353 e. The summed E-state index contributed by atoms with van der Waals surface area (Å²) in [5.74, 6) is 1.19. The van der Waals surface area contributed by atoms with Crippen molar-refractivity contribution in [1.82, 2.24) is 15.1 Å². The van der Waals surface area contributed by atoms with Crippen molar-refractivity contribution in [3.05, 3.63) is 29.8 Å². The molecule has 2 saturated heterocycles. The van der Waals surface area contributed by atoms with E-state index in [0.29, 0.717) is 13.0 Å². The summed E-state index contributed by atoms with van der Waals surface area (Å²) in [6.07, 6.45) is 5.95. The van der Waals surface area contributed by atoms with E-state index in [4.69, 9.17) is 0 Å². The van der Waals surface area contributed by atoms with Crippen molar-refractivity contribution in [3.8, 4) is 0 Å². The SMILES string of the molecule is CN1[C@@H](CCC(=O)N2CCc3ccccc32)CNC(=O)[C@@H]2[C@@H]1CCN2CC1CC1. The molecule has 0 aromatic heterocycles. The summed E-state index contributed by atoms with van der Waals surface area (Å²) in [5, 5.41) is 3.18. The van der Waals surface area contributed by atoms with E-state index in [2.05, 4.69) is 34.3 Å². The van der Waals surface area contributed by atoms with Crippen LogP contribution in [0.3, 0.4) is 0 Å². The number of benzene rings is 1. The lowest BCUT2D eigenvalue weighted by atomic mass is 10.0. The Morgan fingerprint density at radius 1 is 1.17 bits per heavy atom. The molecule has 6 nitrogen and oxygen atoms in total. The highest BCUT2D eigenvalue weighted by molar-refractivity contribution is 5.95. The van der Waals surface area contributed by atoms with Crippen LogP contribution in [0.1, 0.15) is 37.7 Å². The monoisotopic (exact) mass is 396 g/mol. The molecule has 6 heteroatoms. The van der Waals surface area contributed by atoms with Crippen molar-refractivity contribution in [1.29, 1.82) is 0 Å². The molecule has 0 radical (unpaired) electrons. The molecule has 4 aliphatic rings. The number of carbonyl (C=O) groups excluding carboxylic acids is 2. The van der Waals surface area contributed by atoms with Gasteiger partial charge in [0.05, 0.1) is 0 Å². The van der Waals surface area contributed by atoms with E-state index in [1.165, 1.54) is 18.4 Å². The number of likely N-dealkylation sites (tertiary alicyclic amines) is 1. The molecule has 0 bridgehead atoms. The Labute approximate surface area is 173 Å². The van der Waals surface area contributed by atoms with Crippen molar-refractivity contribution in [2.24, 2.45) is 5.92 Å². The molecule has 0 unspecified atom stereocenters. The van der Waals surface area contributed by atoms with Gasteiger partial charge in [-0.25, -0.2) is 0 Å². The van der Waals surface area contributed by atoms with Gasteiger partial charge in [0.15, 0.2) is 0 Å². The molecule has 29 heavy (non-hydrogen) atoms. The number of amides is 2.